The number of pyridine rings is 1. The Balaban J connectivity index is 2.02. The average molecular weight is 297 g/mol. The number of nitrogens with zero attached hydrogens (tertiary/aromatic N) is 1. The molecule has 1 N–H and O–H groups in total. The highest BCUT2D eigenvalue weighted by atomic mass is 79.9. The van der Waals surface area contributed by atoms with Crippen LogP contribution in [-0.2, 0) is 0 Å². The maximum absolute atomic E-state index is 4.41. The minimum absolute atomic E-state index is 0.595. The van der Waals surface area contributed by atoms with Crippen LogP contribution in [0.1, 0.15) is 39.5 Å². The van der Waals surface area contributed by atoms with Crippen molar-refractivity contribution in [1.82, 2.24) is 4.98 Å². The van der Waals surface area contributed by atoms with Crippen molar-refractivity contribution in [2.24, 2.45) is 11.8 Å². The van der Waals surface area contributed by atoms with Crippen LogP contribution in [0.25, 0.3) is 0 Å². The molecule has 1 fully saturated rings. The van der Waals surface area contributed by atoms with E-state index in [0.29, 0.717) is 6.04 Å². The number of hydrogen-bond acceptors (Lipinski definition) is 2. The quantitative estimate of drug-likeness (QED) is 0.890. The maximum Gasteiger partial charge on any atom is 0.126 e. The van der Waals surface area contributed by atoms with Crippen LogP contribution in [0.5, 0.6) is 0 Å². The summed E-state index contributed by atoms with van der Waals surface area (Å²) in [4.78, 5) is 4.41. The Bertz CT molecular complexity index is 348. The van der Waals surface area contributed by atoms with E-state index >= 15 is 0 Å². The minimum atomic E-state index is 0.595. The van der Waals surface area contributed by atoms with Crippen molar-refractivity contribution < 1.29 is 0 Å². The lowest BCUT2D eigenvalue weighted by atomic mass is 9.78. The molecule has 0 bridgehead atoms. The fourth-order valence-corrected chi connectivity index (χ4v) is 3.02. The number of rotatable bonds is 3. The molecule has 0 amide bonds. The van der Waals surface area contributed by atoms with Gasteiger partial charge in [0.1, 0.15) is 5.82 Å². The van der Waals surface area contributed by atoms with Gasteiger partial charge in [0.25, 0.3) is 0 Å². The highest BCUT2D eigenvalue weighted by Gasteiger charge is 2.27. The zero-order valence-corrected chi connectivity index (χ0v) is 12.2. The molecule has 2 unspecified atom stereocenters. The van der Waals surface area contributed by atoms with Crippen LogP contribution in [0.2, 0.25) is 0 Å². The first-order chi connectivity index (χ1) is 8.16. The molecule has 0 aromatic carbocycles. The third kappa shape index (κ3) is 3.44. The average Bonchev–Trinajstić information content (AvgIpc) is 2.32. The van der Waals surface area contributed by atoms with Crippen molar-refractivity contribution >= 4 is 21.7 Å². The van der Waals surface area contributed by atoms with E-state index < -0.39 is 0 Å². The number of halogens is 1. The van der Waals surface area contributed by atoms with E-state index in [9.17, 15) is 0 Å². The molecule has 1 aromatic rings. The third-order valence-corrected chi connectivity index (χ3v) is 4.21. The molecule has 2 rings (SSSR count). The highest BCUT2D eigenvalue weighted by molar-refractivity contribution is 9.10. The summed E-state index contributed by atoms with van der Waals surface area (Å²) in [5, 5.41) is 3.61. The molecule has 1 heterocycles. The molecule has 1 aliphatic carbocycles. The SMILES string of the molecule is CC(C)C1CCCCC1Nc1ccc(Br)cn1. The van der Waals surface area contributed by atoms with Gasteiger partial charge in [-0.15, -0.1) is 0 Å². The van der Waals surface area contributed by atoms with Gasteiger partial charge in [0.15, 0.2) is 0 Å². The summed E-state index contributed by atoms with van der Waals surface area (Å²) in [5.74, 6) is 2.54. The molecule has 0 aliphatic heterocycles. The van der Waals surface area contributed by atoms with Crippen molar-refractivity contribution in [1.29, 1.82) is 0 Å². The molecule has 94 valence electrons. The topological polar surface area (TPSA) is 24.9 Å². The van der Waals surface area contributed by atoms with Crippen LogP contribution in [-0.4, -0.2) is 11.0 Å². The predicted molar refractivity (Wildman–Crippen MR) is 76.1 cm³/mol. The van der Waals surface area contributed by atoms with Gasteiger partial charge in [0.05, 0.1) is 0 Å². The number of nitrogens with one attached hydrogen (secondary N) is 1. The summed E-state index contributed by atoms with van der Waals surface area (Å²) in [6.07, 6.45) is 7.22. The zero-order valence-electron chi connectivity index (χ0n) is 10.6. The van der Waals surface area contributed by atoms with Gasteiger partial charge in [-0.1, -0.05) is 26.7 Å². The summed E-state index contributed by atoms with van der Waals surface area (Å²) < 4.78 is 1.03. The van der Waals surface area contributed by atoms with Gasteiger partial charge in [0, 0.05) is 16.7 Å². The van der Waals surface area contributed by atoms with Crippen molar-refractivity contribution in [2.45, 2.75) is 45.6 Å². The lowest BCUT2D eigenvalue weighted by Crippen LogP contribution is -2.35. The van der Waals surface area contributed by atoms with Crippen LogP contribution < -0.4 is 5.32 Å². The largest absolute Gasteiger partial charge is 0.367 e. The molecule has 1 saturated carbocycles. The molecule has 0 radical (unpaired) electrons. The molecule has 1 aliphatic rings. The molecule has 1 aromatic heterocycles. The lowest BCUT2D eigenvalue weighted by Gasteiger charge is -2.35. The normalized spacial score (nSPS) is 24.9. The zero-order chi connectivity index (χ0) is 12.3. The Labute approximate surface area is 112 Å². The summed E-state index contributed by atoms with van der Waals surface area (Å²) >= 11 is 3.42. The van der Waals surface area contributed by atoms with Crippen molar-refractivity contribution in [3.63, 3.8) is 0 Å². The fraction of sp³-hybridized carbons (Fsp3) is 0.643. The molecule has 2 atom stereocenters. The van der Waals surface area contributed by atoms with Crippen LogP contribution >= 0.6 is 15.9 Å². The Morgan fingerprint density at radius 1 is 1.29 bits per heavy atom. The summed E-state index contributed by atoms with van der Waals surface area (Å²) in [7, 11) is 0. The van der Waals surface area contributed by atoms with E-state index in [-0.39, 0.29) is 0 Å². The molecule has 0 spiro atoms. The molecular formula is C14H21BrN2. The van der Waals surface area contributed by atoms with E-state index in [2.05, 4.69) is 46.1 Å². The third-order valence-electron chi connectivity index (χ3n) is 3.74. The summed E-state index contributed by atoms with van der Waals surface area (Å²) in [6.45, 7) is 4.67. The summed E-state index contributed by atoms with van der Waals surface area (Å²) in [5.41, 5.74) is 0. The van der Waals surface area contributed by atoms with E-state index in [1.807, 2.05) is 12.3 Å². The first-order valence-corrected chi connectivity index (χ1v) is 7.34. The molecule has 0 saturated heterocycles. The maximum atomic E-state index is 4.41. The van der Waals surface area contributed by atoms with Crippen molar-refractivity contribution in [3.8, 4) is 0 Å². The molecular weight excluding hydrogens is 276 g/mol. The predicted octanol–water partition coefficient (Wildman–Crippen LogP) is 4.47. The van der Waals surface area contributed by atoms with Gasteiger partial charge in [0.2, 0.25) is 0 Å². The fourth-order valence-electron chi connectivity index (χ4n) is 2.79. The minimum Gasteiger partial charge on any atom is -0.367 e. The van der Waals surface area contributed by atoms with Crippen molar-refractivity contribution in [2.75, 3.05) is 5.32 Å². The van der Waals surface area contributed by atoms with Gasteiger partial charge >= 0.3 is 0 Å². The Morgan fingerprint density at radius 3 is 2.71 bits per heavy atom. The molecule has 17 heavy (non-hydrogen) atoms. The second-order valence-electron chi connectivity index (χ2n) is 5.30. The second kappa shape index (κ2) is 5.85. The van der Waals surface area contributed by atoms with Gasteiger partial charge in [-0.2, -0.15) is 0 Å². The Morgan fingerprint density at radius 2 is 2.06 bits per heavy atom. The van der Waals surface area contributed by atoms with E-state index in [0.717, 1.165) is 22.1 Å². The Hall–Kier alpha value is -0.570. The molecule has 2 nitrogen and oxygen atoms in total. The second-order valence-corrected chi connectivity index (χ2v) is 6.22. The van der Waals surface area contributed by atoms with Crippen LogP contribution in [0.4, 0.5) is 5.82 Å². The van der Waals surface area contributed by atoms with Gasteiger partial charge < -0.3 is 5.32 Å². The standard InChI is InChI=1S/C14H21BrN2/c1-10(2)12-5-3-4-6-13(12)17-14-8-7-11(15)9-16-14/h7-10,12-13H,3-6H2,1-2H3,(H,16,17). The summed E-state index contributed by atoms with van der Waals surface area (Å²) in [6, 6.07) is 4.69. The Kier molecular flexibility index (Phi) is 4.43. The monoisotopic (exact) mass is 296 g/mol. The number of aromatic nitrogens is 1. The molecule has 3 heteroatoms. The van der Waals surface area contributed by atoms with Crippen molar-refractivity contribution in [3.05, 3.63) is 22.8 Å². The van der Waals surface area contributed by atoms with Crippen LogP contribution in [0.15, 0.2) is 22.8 Å². The van der Waals surface area contributed by atoms with E-state index in [4.69, 9.17) is 0 Å². The first kappa shape index (κ1) is 12.9. The van der Waals surface area contributed by atoms with E-state index in [1.54, 1.807) is 0 Å². The first-order valence-electron chi connectivity index (χ1n) is 6.55. The van der Waals surface area contributed by atoms with Crippen LogP contribution in [0, 0.1) is 11.8 Å². The van der Waals surface area contributed by atoms with Gasteiger partial charge in [-0.25, -0.2) is 4.98 Å². The van der Waals surface area contributed by atoms with Gasteiger partial charge in [-0.05, 0) is 52.7 Å². The lowest BCUT2D eigenvalue weighted by molar-refractivity contribution is 0.253. The number of anilines is 1. The smallest absolute Gasteiger partial charge is 0.126 e. The number of hydrogen-bond donors (Lipinski definition) is 1. The van der Waals surface area contributed by atoms with E-state index in [1.165, 1.54) is 25.7 Å². The van der Waals surface area contributed by atoms with Gasteiger partial charge in [-0.3, -0.25) is 0 Å². The van der Waals surface area contributed by atoms with Crippen LogP contribution in [0.3, 0.4) is 0 Å². The highest BCUT2D eigenvalue weighted by Crippen LogP contribution is 2.32.